The first kappa shape index (κ1) is 9.39. The summed E-state index contributed by atoms with van der Waals surface area (Å²) in [4.78, 5) is 0. The van der Waals surface area contributed by atoms with Gasteiger partial charge in [0, 0.05) is 18.2 Å². The van der Waals surface area contributed by atoms with E-state index < -0.39 is 0 Å². The first-order valence-electron chi connectivity index (χ1n) is 4.40. The molecule has 0 atom stereocenters. The van der Waals surface area contributed by atoms with Crippen LogP contribution in [-0.2, 0) is 7.05 Å². The maximum Gasteiger partial charge on any atom is 0.165 e. The number of rotatable bonds is 1. The second kappa shape index (κ2) is 3.20. The molecule has 0 radical (unpaired) electrons. The Morgan fingerprint density at radius 3 is 2.60 bits per heavy atom. The van der Waals surface area contributed by atoms with E-state index in [1.807, 2.05) is 0 Å². The Morgan fingerprint density at radius 1 is 1.27 bits per heavy atom. The van der Waals surface area contributed by atoms with Crippen LogP contribution in [0.4, 0.5) is 5.82 Å². The van der Waals surface area contributed by atoms with Crippen molar-refractivity contribution in [1.82, 2.24) is 9.78 Å². The molecule has 5 heteroatoms. The molecule has 4 N–H and O–H groups in total. The predicted molar refractivity (Wildman–Crippen MR) is 56.4 cm³/mol. The first-order valence-corrected chi connectivity index (χ1v) is 4.40. The number of phenolic OH excluding ortho intramolecular Hbond substituents is 2. The normalized spacial score (nSPS) is 10.5. The topological polar surface area (TPSA) is 84.3 Å². The van der Waals surface area contributed by atoms with Gasteiger partial charge in [0.25, 0.3) is 0 Å². The zero-order valence-corrected chi connectivity index (χ0v) is 8.18. The number of aromatic hydroxyl groups is 2. The van der Waals surface area contributed by atoms with Crippen molar-refractivity contribution in [1.29, 1.82) is 0 Å². The Morgan fingerprint density at radius 2 is 2.00 bits per heavy atom. The predicted octanol–water partition coefficient (Wildman–Crippen LogP) is 1.08. The van der Waals surface area contributed by atoms with Crippen LogP contribution in [0, 0.1) is 0 Å². The zero-order valence-electron chi connectivity index (χ0n) is 8.18. The SMILES string of the molecule is Cn1ncc(-c2cccc(O)c2O)c1N. The number of anilines is 1. The summed E-state index contributed by atoms with van der Waals surface area (Å²) in [6.45, 7) is 0. The van der Waals surface area contributed by atoms with E-state index in [0.717, 1.165) is 0 Å². The van der Waals surface area contributed by atoms with E-state index in [-0.39, 0.29) is 11.5 Å². The van der Waals surface area contributed by atoms with Crippen molar-refractivity contribution in [3.8, 4) is 22.6 Å². The number of phenols is 2. The van der Waals surface area contributed by atoms with Gasteiger partial charge in [-0.3, -0.25) is 4.68 Å². The molecule has 2 aromatic rings. The van der Waals surface area contributed by atoms with Gasteiger partial charge in [-0.2, -0.15) is 5.10 Å². The monoisotopic (exact) mass is 205 g/mol. The number of hydrogen-bond acceptors (Lipinski definition) is 4. The van der Waals surface area contributed by atoms with Gasteiger partial charge in [-0.05, 0) is 6.07 Å². The van der Waals surface area contributed by atoms with Gasteiger partial charge >= 0.3 is 0 Å². The van der Waals surface area contributed by atoms with Gasteiger partial charge in [-0.25, -0.2) is 0 Å². The second-order valence-corrected chi connectivity index (χ2v) is 3.24. The van der Waals surface area contributed by atoms with Crippen LogP contribution in [-0.4, -0.2) is 20.0 Å². The lowest BCUT2D eigenvalue weighted by atomic mass is 10.1. The molecule has 0 aliphatic rings. The summed E-state index contributed by atoms with van der Waals surface area (Å²) in [7, 11) is 1.71. The van der Waals surface area contributed by atoms with Gasteiger partial charge in [-0.15, -0.1) is 0 Å². The summed E-state index contributed by atoms with van der Waals surface area (Å²) in [5.41, 5.74) is 6.84. The Balaban J connectivity index is 2.64. The number of nitrogens with zero attached hydrogens (tertiary/aromatic N) is 2. The van der Waals surface area contributed by atoms with Crippen molar-refractivity contribution in [2.24, 2.45) is 7.05 Å². The van der Waals surface area contributed by atoms with Crippen molar-refractivity contribution in [3.63, 3.8) is 0 Å². The molecule has 0 aliphatic heterocycles. The Labute approximate surface area is 86.4 Å². The quantitative estimate of drug-likeness (QED) is 0.608. The van der Waals surface area contributed by atoms with Crippen molar-refractivity contribution in [2.75, 3.05) is 5.73 Å². The van der Waals surface area contributed by atoms with E-state index in [0.29, 0.717) is 16.9 Å². The highest BCUT2D eigenvalue weighted by atomic mass is 16.3. The molecule has 0 amide bonds. The van der Waals surface area contributed by atoms with E-state index in [1.165, 1.54) is 10.7 Å². The molecule has 0 saturated carbocycles. The summed E-state index contributed by atoms with van der Waals surface area (Å²) in [5, 5.41) is 22.9. The standard InChI is InChI=1S/C10H11N3O2/c1-13-10(11)7(5-12-13)6-3-2-4-8(14)9(6)15/h2-5,14-15H,11H2,1H3. The molecule has 1 aromatic heterocycles. The van der Waals surface area contributed by atoms with Gasteiger partial charge in [0.1, 0.15) is 5.82 Å². The van der Waals surface area contributed by atoms with Crippen LogP contribution in [0.1, 0.15) is 0 Å². The Hall–Kier alpha value is -2.17. The Bertz CT molecular complexity index is 505. The van der Waals surface area contributed by atoms with Crippen LogP contribution in [0.25, 0.3) is 11.1 Å². The third-order valence-corrected chi connectivity index (χ3v) is 2.29. The second-order valence-electron chi connectivity index (χ2n) is 3.24. The lowest BCUT2D eigenvalue weighted by Crippen LogP contribution is -1.98. The highest BCUT2D eigenvalue weighted by Gasteiger charge is 2.13. The van der Waals surface area contributed by atoms with Crippen LogP contribution < -0.4 is 5.73 Å². The first-order chi connectivity index (χ1) is 7.11. The number of benzene rings is 1. The van der Waals surface area contributed by atoms with Crippen molar-refractivity contribution >= 4 is 5.82 Å². The Kier molecular flexibility index (Phi) is 2.00. The lowest BCUT2D eigenvalue weighted by molar-refractivity contribution is 0.405. The molecule has 0 fully saturated rings. The van der Waals surface area contributed by atoms with Crippen LogP contribution in [0.3, 0.4) is 0 Å². The third kappa shape index (κ3) is 1.38. The number of aromatic nitrogens is 2. The minimum atomic E-state index is -0.183. The van der Waals surface area contributed by atoms with Crippen molar-refractivity contribution in [2.45, 2.75) is 0 Å². The largest absolute Gasteiger partial charge is 0.504 e. The number of nitrogens with two attached hydrogens (primary N) is 1. The third-order valence-electron chi connectivity index (χ3n) is 2.29. The number of hydrogen-bond donors (Lipinski definition) is 3. The maximum absolute atomic E-state index is 9.64. The van der Waals surface area contributed by atoms with E-state index in [4.69, 9.17) is 5.73 Å². The van der Waals surface area contributed by atoms with Gasteiger partial charge < -0.3 is 15.9 Å². The van der Waals surface area contributed by atoms with Crippen LogP contribution >= 0.6 is 0 Å². The van der Waals surface area contributed by atoms with E-state index in [2.05, 4.69) is 5.10 Å². The molecule has 0 bridgehead atoms. The zero-order chi connectivity index (χ0) is 11.0. The smallest absolute Gasteiger partial charge is 0.165 e. The van der Waals surface area contributed by atoms with Crippen molar-refractivity contribution in [3.05, 3.63) is 24.4 Å². The van der Waals surface area contributed by atoms with Crippen molar-refractivity contribution < 1.29 is 10.2 Å². The molecule has 1 aromatic carbocycles. The molecular weight excluding hydrogens is 194 g/mol. The summed E-state index contributed by atoms with van der Waals surface area (Å²) >= 11 is 0. The minimum Gasteiger partial charge on any atom is -0.504 e. The highest BCUT2D eigenvalue weighted by molar-refractivity contribution is 5.79. The maximum atomic E-state index is 9.64. The summed E-state index contributed by atoms with van der Waals surface area (Å²) < 4.78 is 1.50. The average Bonchev–Trinajstić information content (AvgIpc) is 2.53. The van der Waals surface area contributed by atoms with E-state index in [9.17, 15) is 10.2 Å². The summed E-state index contributed by atoms with van der Waals surface area (Å²) in [5.74, 6) is 0.0869. The number of nitrogen functional groups attached to an aromatic ring is 1. The number of para-hydroxylation sites is 1. The molecule has 0 aliphatic carbocycles. The molecule has 0 unspecified atom stereocenters. The molecule has 5 nitrogen and oxygen atoms in total. The van der Waals surface area contributed by atoms with Gasteiger partial charge in [0.15, 0.2) is 11.5 Å². The van der Waals surface area contributed by atoms with Gasteiger partial charge in [0.2, 0.25) is 0 Å². The minimum absolute atomic E-state index is 0.171. The van der Waals surface area contributed by atoms with Gasteiger partial charge in [-0.1, -0.05) is 12.1 Å². The fourth-order valence-corrected chi connectivity index (χ4v) is 1.40. The van der Waals surface area contributed by atoms with E-state index >= 15 is 0 Å². The van der Waals surface area contributed by atoms with Crippen LogP contribution in [0.5, 0.6) is 11.5 Å². The molecule has 0 saturated heterocycles. The number of aryl methyl sites for hydroxylation is 1. The lowest BCUT2D eigenvalue weighted by Gasteiger charge is -2.04. The average molecular weight is 205 g/mol. The summed E-state index contributed by atoms with van der Waals surface area (Å²) in [6, 6.07) is 4.71. The summed E-state index contributed by atoms with van der Waals surface area (Å²) in [6.07, 6.45) is 1.55. The fraction of sp³-hybridized carbons (Fsp3) is 0.100. The fourth-order valence-electron chi connectivity index (χ4n) is 1.40. The van der Waals surface area contributed by atoms with E-state index in [1.54, 1.807) is 25.4 Å². The molecule has 0 spiro atoms. The molecule has 15 heavy (non-hydrogen) atoms. The molecular formula is C10H11N3O2. The highest BCUT2D eigenvalue weighted by Crippen LogP contribution is 2.38. The van der Waals surface area contributed by atoms with Gasteiger partial charge in [0.05, 0.1) is 6.20 Å². The van der Waals surface area contributed by atoms with Crippen LogP contribution in [0.15, 0.2) is 24.4 Å². The molecule has 2 rings (SSSR count). The van der Waals surface area contributed by atoms with Crippen LogP contribution in [0.2, 0.25) is 0 Å². The molecule has 1 heterocycles. The molecule has 78 valence electrons.